The van der Waals surface area contributed by atoms with Crippen molar-refractivity contribution in [3.8, 4) is 0 Å². The molecule has 6 nitrogen and oxygen atoms in total. The zero-order chi connectivity index (χ0) is 12.0. The summed E-state index contributed by atoms with van der Waals surface area (Å²) in [6.45, 7) is 2.23. The topological polar surface area (TPSA) is 96.1 Å². The van der Waals surface area contributed by atoms with E-state index < -0.39 is 0 Å². The molecule has 0 aliphatic rings. The lowest BCUT2D eigenvalue weighted by atomic mass is 10.2. The Morgan fingerprint density at radius 1 is 1.50 bits per heavy atom. The first-order chi connectivity index (χ1) is 7.69. The zero-order valence-electron chi connectivity index (χ0n) is 9.07. The molecular weight excluding hydrogens is 274 g/mol. The van der Waals surface area contributed by atoms with Crippen LogP contribution in [0.15, 0.2) is 10.8 Å². The molecule has 1 unspecified atom stereocenters. The largest absolute Gasteiger partial charge is 0.396 e. The van der Waals surface area contributed by atoms with Gasteiger partial charge in [-0.1, -0.05) is 0 Å². The summed E-state index contributed by atoms with van der Waals surface area (Å²) in [5.74, 6) is 6.52. The van der Waals surface area contributed by atoms with Gasteiger partial charge in [-0.3, -0.25) is 0 Å². The predicted molar refractivity (Wildman–Crippen MR) is 66.9 cm³/mol. The molecule has 0 radical (unpaired) electrons. The highest BCUT2D eigenvalue weighted by Gasteiger charge is 2.09. The van der Waals surface area contributed by atoms with Crippen molar-refractivity contribution in [3.63, 3.8) is 0 Å². The second-order valence-electron chi connectivity index (χ2n) is 3.44. The molecule has 1 heterocycles. The predicted octanol–water partition coefficient (Wildman–Crippen LogP) is 1.10. The number of halogens is 1. The van der Waals surface area contributed by atoms with Crippen molar-refractivity contribution in [2.24, 2.45) is 5.84 Å². The summed E-state index contributed by atoms with van der Waals surface area (Å²) < 4.78 is 0.702. The van der Waals surface area contributed by atoms with Crippen LogP contribution in [-0.4, -0.2) is 27.7 Å². The number of hydrogen-bond donors (Lipinski definition) is 4. The first-order valence-electron chi connectivity index (χ1n) is 5.03. The molecule has 1 aromatic heterocycles. The smallest absolute Gasteiger partial charge is 0.159 e. The number of aliphatic hydroxyl groups is 1. The van der Waals surface area contributed by atoms with Crippen LogP contribution in [0.4, 0.5) is 11.6 Å². The van der Waals surface area contributed by atoms with E-state index in [4.69, 9.17) is 10.9 Å². The fraction of sp³-hybridized carbons (Fsp3) is 0.556. The van der Waals surface area contributed by atoms with Crippen molar-refractivity contribution in [1.82, 2.24) is 9.97 Å². The lowest BCUT2D eigenvalue weighted by Gasteiger charge is -2.15. The Morgan fingerprint density at radius 2 is 2.19 bits per heavy atom. The Labute approximate surface area is 103 Å². The molecule has 0 bridgehead atoms. The molecule has 5 N–H and O–H groups in total. The lowest BCUT2D eigenvalue weighted by Crippen LogP contribution is -2.18. The standard InChI is InChI=1S/C9H16BrN5O/c1-6(3-2-4-16)14-8-7(10)9(15-11)13-5-12-8/h5-6,16H,2-4,11H2,1H3,(H2,12,13,14,15). The highest BCUT2D eigenvalue weighted by Crippen LogP contribution is 2.26. The summed E-state index contributed by atoms with van der Waals surface area (Å²) in [6.07, 6.45) is 3.07. The Kier molecular flexibility index (Phi) is 5.44. The van der Waals surface area contributed by atoms with Crippen molar-refractivity contribution in [2.45, 2.75) is 25.8 Å². The van der Waals surface area contributed by atoms with E-state index in [9.17, 15) is 0 Å². The van der Waals surface area contributed by atoms with E-state index in [1.165, 1.54) is 6.33 Å². The summed E-state index contributed by atoms with van der Waals surface area (Å²) in [7, 11) is 0. The van der Waals surface area contributed by atoms with E-state index in [0.717, 1.165) is 12.8 Å². The molecule has 0 saturated heterocycles. The number of nitrogens with zero attached hydrogens (tertiary/aromatic N) is 2. The Morgan fingerprint density at radius 3 is 2.81 bits per heavy atom. The van der Waals surface area contributed by atoms with Crippen molar-refractivity contribution in [1.29, 1.82) is 0 Å². The Balaban J connectivity index is 2.66. The maximum absolute atomic E-state index is 8.73. The molecule has 0 aliphatic heterocycles. The van der Waals surface area contributed by atoms with Crippen LogP contribution in [0.25, 0.3) is 0 Å². The van der Waals surface area contributed by atoms with Gasteiger partial charge in [0.2, 0.25) is 0 Å². The van der Waals surface area contributed by atoms with Crippen LogP contribution >= 0.6 is 15.9 Å². The van der Waals surface area contributed by atoms with Crippen LogP contribution in [-0.2, 0) is 0 Å². The second-order valence-corrected chi connectivity index (χ2v) is 4.23. The summed E-state index contributed by atoms with van der Waals surface area (Å²) >= 11 is 3.36. The third-order valence-electron chi connectivity index (χ3n) is 2.10. The first-order valence-corrected chi connectivity index (χ1v) is 5.82. The lowest BCUT2D eigenvalue weighted by molar-refractivity contribution is 0.282. The van der Waals surface area contributed by atoms with E-state index in [2.05, 4.69) is 36.6 Å². The van der Waals surface area contributed by atoms with E-state index in [-0.39, 0.29) is 12.6 Å². The number of nitrogen functional groups attached to an aromatic ring is 1. The molecule has 0 saturated carbocycles. The van der Waals surface area contributed by atoms with Crippen molar-refractivity contribution in [2.75, 3.05) is 17.3 Å². The number of anilines is 2. The monoisotopic (exact) mass is 289 g/mol. The summed E-state index contributed by atoms with van der Waals surface area (Å²) in [4.78, 5) is 8.06. The zero-order valence-corrected chi connectivity index (χ0v) is 10.7. The van der Waals surface area contributed by atoms with Crippen LogP contribution in [0.3, 0.4) is 0 Å². The van der Waals surface area contributed by atoms with Gasteiger partial charge in [0.05, 0.1) is 0 Å². The number of rotatable bonds is 6. The van der Waals surface area contributed by atoms with Crippen molar-refractivity contribution >= 4 is 27.6 Å². The van der Waals surface area contributed by atoms with Gasteiger partial charge in [-0.05, 0) is 35.7 Å². The van der Waals surface area contributed by atoms with Gasteiger partial charge in [0, 0.05) is 12.6 Å². The van der Waals surface area contributed by atoms with Gasteiger partial charge in [-0.25, -0.2) is 15.8 Å². The molecule has 1 atom stereocenters. The number of aliphatic hydroxyl groups excluding tert-OH is 1. The van der Waals surface area contributed by atoms with Gasteiger partial charge >= 0.3 is 0 Å². The fourth-order valence-electron chi connectivity index (χ4n) is 1.27. The summed E-state index contributed by atoms with van der Waals surface area (Å²) in [6, 6.07) is 0.226. The molecule has 7 heteroatoms. The molecule has 1 rings (SSSR count). The van der Waals surface area contributed by atoms with E-state index in [0.29, 0.717) is 16.1 Å². The summed E-state index contributed by atoms with van der Waals surface area (Å²) in [5.41, 5.74) is 2.47. The number of hydrazine groups is 1. The minimum absolute atomic E-state index is 0.201. The average Bonchev–Trinajstić information content (AvgIpc) is 2.29. The molecule has 0 fully saturated rings. The highest BCUT2D eigenvalue weighted by atomic mass is 79.9. The van der Waals surface area contributed by atoms with Gasteiger partial charge in [0.1, 0.15) is 16.6 Å². The average molecular weight is 290 g/mol. The highest BCUT2D eigenvalue weighted by molar-refractivity contribution is 9.10. The quantitative estimate of drug-likeness (QED) is 0.463. The van der Waals surface area contributed by atoms with Gasteiger partial charge in [0.25, 0.3) is 0 Å². The molecular formula is C9H16BrN5O. The normalized spacial score (nSPS) is 12.2. The van der Waals surface area contributed by atoms with Crippen LogP contribution < -0.4 is 16.6 Å². The van der Waals surface area contributed by atoms with Gasteiger partial charge in [0.15, 0.2) is 5.82 Å². The maximum Gasteiger partial charge on any atom is 0.159 e. The van der Waals surface area contributed by atoms with Gasteiger partial charge in [-0.2, -0.15) is 0 Å². The Bertz CT molecular complexity index is 336. The number of hydrogen-bond acceptors (Lipinski definition) is 6. The molecule has 0 aliphatic carbocycles. The SMILES string of the molecule is CC(CCCO)Nc1ncnc(NN)c1Br. The summed E-state index contributed by atoms with van der Waals surface area (Å²) in [5, 5.41) is 11.9. The molecule has 90 valence electrons. The van der Waals surface area contributed by atoms with Gasteiger partial charge < -0.3 is 15.8 Å². The van der Waals surface area contributed by atoms with E-state index in [1.54, 1.807) is 0 Å². The van der Waals surface area contributed by atoms with Crippen LogP contribution in [0.5, 0.6) is 0 Å². The van der Waals surface area contributed by atoms with E-state index >= 15 is 0 Å². The van der Waals surface area contributed by atoms with Crippen LogP contribution in [0, 0.1) is 0 Å². The van der Waals surface area contributed by atoms with Crippen LogP contribution in [0.2, 0.25) is 0 Å². The second kappa shape index (κ2) is 6.62. The van der Waals surface area contributed by atoms with Crippen molar-refractivity contribution in [3.05, 3.63) is 10.8 Å². The molecule has 0 amide bonds. The minimum atomic E-state index is 0.201. The Hall–Kier alpha value is -0.920. The number of nitrogens with one attached hydrogen (secondary N) is 2. The molecule has 0 aromatic carbocycles. The fourth-order valence-corrected chi connectivity index (χ4v) is 1.71. The maximum atomic E-state index is 8.73. The third-order valence-corrected chi connectivity index (χ3v) is 2.86. The number of nitrogens with two attached hydrogens (primary N) is 1. The number of aromatic nitrogens is 2. The van der Waals surface area contributed by atoms with Gasteiger partial charge in [-0.15, -0.1) is 0 Å². The minimum Gasteiger partial charge on any atom is -0.396 e. The third kappa shape index (κ3) is 3.58. The molecule has 16 heavy (non-hydrogen) atoms. The first kappa shape index (κ1) is 13.1. The van der Waals surface area contributed by atoms with Crippen LogP contribution in [0.1, 0.15) is 19.8 Å². The van der Waals surface area contributed by atoms with Crippen molar-refractivity contribution < 1.29 is 5.11 Å². The molecule has 0 spiro atoms. The van der Waals surface area contributed by atoms with E-state index in [1.807, 2.05) is 6.92 Å². The molecule has 1 aromatic rings.